The van der Waals surface area contributed by atoms with E-state index in [0.717, 1.165) is 0 Å². The number of hydrogen-bond donors (Lipinski definition) is 1. The first kappa shape index (κ1) is 10.7. The van der Waals surface area contributed by atoms with Crippen LogP contribution in [0.5, 0.6) is 0 Å². The maximum Gasteiger partial charge on any atom is 0.0224 e. The van der Waals surface area contributed by atoms with E-state index in [1.807, 2.05) is 6.92 Å². The Morgan fingerprint density at radius 2 is 1.64 bits per heavy atom. The predicted octanol–water partition coefficient (Wildman–Crippen LogP) is 2.72. The van der Waals surface area contributed by atoms with Gasteiger partial charge in [-0.1, -0.05) is 25.0 Å². The van der Waals surface area contributed by atoms with Gasteiger partial charge in [-0.2, -0.15) is 0 Å². The topological polar surface area (TPSA) is 26.0 Å². The monoisotopic (exact) mass is 155 g/mol. The summed E-state index contributed by atoms with van der Waals surface area (Å²) in [4.78, 5) is 0. The molecule has 0 aromatic carbocycles. The molecule has 1 nitrogen and oxygen atoms in total. The Hall–Kier alpha value is -0.300. The van der Waals surface area contributed by atoms with Crippen LogP contribution in [-0.4, -0.2) is 6.04 Å². The molecule has 2 N–H and O–H groups in total. The summed E-state index contributed by atoms with van der Waals surface area (Å²) in [7, 11) is 0. The molecule has 1 heteroatoms. The van der Waals surface area contributed by atoms with Gasteiger partial charge in [0.25, 0.3) is 0 Å². The van der Waals surface area contributed by atoms with Crippen molar-refractivity contribution in [2.75, 3.05) is 0 Å². The SMILES string of the molecule is CCC(C)/C(C)=C(\C)C(C)N. The lowest BCUT2D eigenvalue weighted by Crippen LogP contribution is -2.18. The van der Waals surface area contributed by atoms with E-state index in [4.69, 9.17) is 5.73 Å². The zero-order valence-electron chi connectivity index (χ0n) is 8.44. The van der Waals surface area contributed by atoms with Crippen LogP contribution in [0.2, 0.25) is 0 Å². The van der Waals surface area contributed by atoms with Crippen molar-refractivity contribution in [2.45, 2.75) is 47.1 Å². The van der Waals surface area contributed by atoms with E-state index in [0.29, 0.717) is 5.92 Å². The predicted molar refractivity (Wildman–Crippen MR) is 51.5 cm³/mol. The van der Waals surface area contributed by atoms with Crippen LogP contribution in [0.1, 0.15) is 41.0 Å². The summed E-state index contributed by atoms with van der Waals surface area (Å²) in [5.74, 6) is 0.681. The minimum absolute atomic E-state index is 0.212. The first-order chi connectivity index (χ1) is 5.00. The molecule has 0 aliphatic rings. The van der Waals surface area contributed by atoms with Crippen LogP contribution in [0.25, 0.3) is 0 Å². The van der Waals surface area contributed by atoms with E-state index in [1.165, 1.54) is 17.6 Å². The highest BCUT2D eigenvalue weighted by Crippen LogP contribution is 2.18. The lowest BCUT2D eigenvalue weighted by molar-refractivity contribution is 0.636. The van der Waals surface area contributed by atoms with Crippen molar-refractivity contribution in [1.29, 1.82) is 0 Å². The average Bonchev–Trinajstić information content (AvgIpc) is 2.00. The number of nitrogens with two attached hydrogens (primary N) is 1. The molecule has 0 amide bonds. The quantitative estimate of drug-likeness (QED) is 0.623. The van der Waals surface area contributed by atoms with Crippen molar-refractivity contribution in [2.24, 2.45) is 11.7 Å². The Bertz CT molecular complexity index is 145. The van der Waals surface area contributed by atoms with Gasteiger partial charge in [0.2, 0.25) is 0 Å². The fourth-order valence-electron chi connectivity index (χ4n) is 1.05. The third-order valence-electron chi connectivity index (χ3n) is 2.66. The second kappa shape index (κ2) is 4.55. The van der Waals surface area contributed by atoms with Gasteiger partial charge in [-0.3, -0.25) is 0 Å². The summed E-state index contributed by atoms with van der Waals surface area (Å²) in [5, 5.41) is 0. The standard InChI is InChI=1S/C10H21N/c1-6-7(2)8(3)9(4)10(5)11/h7,10H,6,11H2,1-5H3/b9-8+. The number of hydrogen-bond acceptors (Lipinski definition) is 1. The molecule has 0 rings (SSSR count). The molecular weight excluding hydrogens is 134 g/mol. The van der Waals surface area contributed by atoms with E-state index < -0.39 is 0 Å². The highest BCUT2D eigenvalue weighted by Gasteiger charge is 2.07. The first-order valence-electron chi connectivity index (χ1n) is 4.43. The van der Waals surface area contributed by atoms with Gasteiger partial charge in [-0.15, -0.1) is 0 Å². The van der Waals surface area contributed by atoms with Crippen LogP contribution in [0.3, 0.4) is 0 Å². The summed E-state index contributed by atoms with van der Waals surface area (Å²) in [6.07, 6.45) is 1.20. The van der Waals surface area contributed by atoms with Crippen molar-refractivity contribution in [3.8, 4) is 0 Å². The molecule has 0 bridgehead atoms. The minimum atomic E-state index is 0.212. The van der Waals surface area contributed by atoms with Crippen LogP contribution in [0.15, 0.2) is 11.1 Å². The molecule has 0 heterocycles. The molecule has 0 saturated carbocycles. The van der Waals surface area contributed by atoms with Crippen LogP contribution < -0.4 is 5.73 Å². The highest BCUT2D eigenvalue weighted by molar-refractivity contribution is 5.16. The molecule has 2 unspecified atom stereocenters. The van der Waals surface area contributed by atoms with Gasteiger partial charge in [-0.25, -0.2) is 0 Å². The smallest absolute Gasteiger partial charge is 0.0224 e. The maximum atomic E-state index is 5.77. The molecule has 0 radical (unpaired) electrons. The second-order valence-corrected chi connectivity index (χ2v) is 3.46. The molecule has 0 fully saturated rings. The van der Waals surface area contributed by atoms with Crippen LogP contribution in [0.4, 0.5) is 0 Å². The van der Waals surface area contributed by atoms with Gasteiger partial charge in [0.05, 0.1) is 0 Å². The van der Waals surface area contributed by atoms with Crippen LogP contribution >= 0.6 is 0 Å². The second-order valence-electron chi connectivity index (χ2n) is 3.46. The van der Waals surface area contributed by atoms with E-state index >= 15 is 0 Å². The molecule has 0 aliphatic heterocycles. The van der Waals surface area contributed by atoms with Gasteiger partial charge < -0.3 is 5.73 Å². The van der Waals surface area contributed by atoms with Gasteiger partial charge in [-0.05, 0) is 33.1 Å². The Balaban J connectivity index is 4.38. The van der Waals surface area contributed by atoms with Crippen molar-refractivity contribution in [3.05, 3.63) is 11.1 Å². The van der Waals surface area contributed by atoms with Crippen molar-refractivity contribution in [1.82, 2.24) is 0 Å². The number of rotatable bonds is 3. The van der Waals surface area contributed by atoms with Crippen molar-refractivity contribution >= 4 is 0 Å². The summed E-state index contributed by atoms with van der Waals surface area (Å²) < 4.78 is 0. The molecule has 0 spiro atoms. The van der Waals surface area contributed by atoms with E-state index in [-0.39, 0.29) is 6.04 Å². The van der Waals surface area contributed by atoms with Gasteiger partial charge in [0.1, 0.15) is 0 Å². The van der Waals surface area contributed by atoms with Gasteiger partial charge >= 0.3 is 0 Å². The summed E-state index contributed by atoms with van der Waals surface area (Å²) in [5.41, 5.74) is 8.58. The Morgan fingerprint density at radius 1 is 1.18 bits per heavy atom. The van der Waals surface area contributed by atoms with Gasteiger partial charge in [0, 0.05) is 6.04 Å². The maximum absolute atomic E-state index is 5.77. The normalized spacial score (nSPS) is 19.1. The van der Waals surface area contributed by atoms with Gasteiger partial charge in [0.15, 0.2) is 0 Å². The third kappa shape index (κ3) is 3.06. The summed E-state index contributed by atoms with van der Waals surface area (Å²) in [6.45, 7) is 10.8. The lowest BCUT2D eigenvalue weighted by atomic mass is 9.93. The number of allylic oxidation sites excluding steroid dienone is 1. The zero-order valence-corrected chi connectivity index (χ0v) is 8.44. The molecule has 2 atom stereocenters. The molecule has 11 heavy (non-hydrogen) atoms. The molecule has 0 saturated heterocycles. The average molecular weight is 155 g/mol. The Labute approximate surface area is 70.7 Å². The Morgan fingerprint density at radius 3 is 1.91 bits per heavy atom. The molecule has 66 valence electrons. The third-order valence-corrected chi connectivity index (χ3v) is 2.66. The molecular formula is C10H21N. The minimum Gasteiger partial charge on any atom is -0.324 e. The van der Waals surface area contributed by atoms with Crippen molar-refractivity contribution in [3.63, 3.8) is 0 Å². The Kier molecular flexibility index (Phi) is 4.43. The molecule has 0 aromatic heterocycles. The van der Waals surface area contributed by atoms with E-state index in [1.54, 1.807) is 0 Å². The fraction of sp³-hybridized carbons (Fsp3) is 0.800. The largest absolute Gasteiger partial charge is 0.324 e. The molecule has 0 aliphatic carbocycles. The lowest BCUT2D eigenvalue weighted by Gasteiger charge is -2.16. The van der Waals surface area contributed by atoms with Crippen molar-refractivity contribution < 1.29 is 0 Å². The van der Waals surface area contributed by atoms with Crippen LogP contribution in [-0.2, 0) is 0 Å². The summed E-state index contributed by atoms with van der Waals surface area (Å²) >= 11 is 0. The van der Waals surface area contributed by atoms with E-state index in [9.17, 15) is 0 Å². The summed E-state index contributed by atoms with van der Waals surface area (Å²) in [6, 6.07) is 0.212. The first-order valence-corrected chi connectivity index (χ1v) is 4.43. The zero-order chi connectivity index (χ0) is 9.02. The van der Waals surface area contributed by atoms with Crippen LogP contribution in [0, 0.1) is 5.92 Å². The fourth-order valence-corrected chi connectivity index (χ4v) is 1.05. The highest BCUT2D eigenvalue weighted by atomic mass is 14.6. The van der Waals surface area contributed by atoms with E-state index in [2.05, 4.69) is 27.7 Å². The molecule has 0 aromatic rings.